The quantitative estimate of drug-likeness (QED) is 0.0936. The molecule has 3 radical (unpaired) electrons. The van der Waals surface area contributed by atoms with E-state index in [1.807, 2.05) is 188 Å². The fourth-order valence-electron chi connectivity index (χ4n) is 17.3. The largest absolute Gasteiger partial charge is 0.456 e. The first-order chi connectivity index (χ1) is 54.1. The van der Waals surface area contributed by atoms with Crippen molar-refractivity contribution < 1.29 is 18.0 Å². The zero-order valence-electron chi connectivity index (χ0n) is 59.3. The van der Waals surface area contributed by atoms with Crippen LogP contribution in [0.5, 0.6) is 0 Å². The van der Waals surface area contributed by atoms with Crippen molar-refractivity contribution in [3.63, 3.8) is 0 Å². The number of benzene rings is 16. The highest BCUT2D eigenvalue weighted by Crippen LogP contribution is 2.63. The summed E-state index contributed by atoms with van der Waals surface area (Å²) in [5.41, 5.74) is 13.9. The maximum atomic E-state index is 16.4. The Bertz CT molecular complexity index is 7390. The summed E-state index contributed by atoms with van der Waals surface area (Å²) in [7, 11) is -6.45. The number of fused-ring (bicyclic) bond motifs is 22. The van der Waals surface area contributed by atoms with Gasteiger partial charge in [0.25, 0.3) is 0 Å². The highest BCUT2D eigenvalue weighted by molar-refractivity contribution is 9.10. The lowest BCUT2D eigenvalue weighted by molar-refractivity contribution is 0.589. The van der Waals surface area contributed by atoms with Gasteiger partial charge >= 0.3 is 0 Å². The second-order valence-corrected chi connectivity index (χ2v) is 36.4. The van der Waals surface area contributed by atoms with Crippen molar-refractivity contribution in [1.82, 2.24) is 9.13 Å². The summed E-state index contributed by atoms with van der Waals surface area (Å²) >= 11 is 7.20. The molecule has 533 valence electrons. The standard InChI is InChI=1S/C49H30NO2PS.C25H15NOS.C24H16BrO2P.CH4.B/c51-53(32-14-2-1-3-15-32)45-24-12-7-19-37(45)49(40-29-36-35-18-6-11-23-43(35)52-44(36)30-46(40)53)38-20-8-13-25-47(38)54-48-28-31(26-27-39(48)49)50-41-21-9-4-16-33(41)34-17-5-10-22-42(34)50;27-25-19-9-3-6-12-23(19)28-24-15-16(13-14-20(24)25)26-21-10-4-1-7-17(21)18-8-2-5-11-22(18)26;25-21-15-20-19-13-7-8-14-22(19)27-23(20)16-24(21)28(26,17-9-3-1-4-10-17)18-11-5-2-6-12-18;;/h1-30H;1-15H;1-16H;1H4;. The third kappa shape index (κ3) is 10.7. The van der Waals surface area contributed by atoms with Crippen LogP contribution in [-0.4, -0.2) is 17.5 Å². The molecule has 21 aromatic rings. The molecule has 2 aliphatic rings. The Morgan fingerprint density at radius 2 is 0.786 bits per heavy atom. The first-order valence-corrected chi connectivity index (χ1v) is 42.4. The van der Waals surface area contributed by atoms with E-state index in [0.29, 0.717) is 0 Å². The van der Waals surface area contributed by atoms with Crippen LogP contribution in [0.2, 0.25) is 0 Å². The highest BCUT2D eigenvalue weighted by atomic mass is 79.9. The van der Waals surface area contributed by atoms with Crippen molar-refractivity contribution >= 4 is 201 Å². The van der Waals surface area contributed by atoms with Gasteiger partial charge in [-0.3, -0.25) is 4.79 Å². The van der Waals surface area contributed by atoms with Crippen molar-refractivity contribution in [3.8, 4) is 11.4 Å². The van der Waals surface area contributed by atoms with Crippen LogP contribution in [-0.2, 0) is 14.5 Å². The molecule has 0 amide bonds. The molecular weight excluding hydrogens is 1510 g/mol. The van der Waals surface area contributed by atoms with E-state index in [4.69, 9.17) is 8.83 Å². The van der Waals surface area contributed by atoms with Crippen LogP contribution in [0.1, 0.15) is 29.7 Å². The Morgan fingerprint density at radius 3 is 1.38 bits per heavy atom. The minimum Gasteiger partial charge on any atom is -0.456 e. The summed E-state index contributed by atoms with van der Waals surface area (Å²) in [5, 5.41) is 15.6. The topological polar surface area (TPSA) is 87.3 Å². The molecule has 112 heavy (non-hydrogen) atoms. The predicted molar refractivity (Wildman–Crippen MR) is 477 cm³/mol. The van der Waals surface area contributed by atoms with Crippen LogP contribution in [0.4, 0.5) is 0 Å². The summed E-state index contributed by atoms with van der Waals surface area (Å²) in [6.45, 7) is 0. The molecule has 0 bridgehead atoms. The Morgan fingerprint density at radius 1 is 0.348 bits per heavy atom. The molecule has 7 heterocycles. The molecule has 1 spiro atoms. The van der Waals surface area contributed by atoms with Gasteiger partial charge in [-0.05, 0) is 147 Å². The minimum absolute atomic E-state index is 0. The van der Waals surface area contributed by atoms with E-state index in [1.165, 1.54) is 64.5 Å². The van der Waals surface area contributed by atoms with Gasteiger partial charge in [-0.15, -0.1) is 11.3 Å². The van der Waals surface area contributed by atoms with Crippen LogP contribution in [0, 0.1) is 0 Å². The second-order valence-electron chi connectivity index (χ2n) is 28.0. The number of para-hydroxylation sites is 6. The molecule has 2 aliphatic heterocycles. The smallest absolute Gasteiger partial charge is 0.195 e. The van der Waals surface area contributed by atoms with Crippen LogP contribution in [0.3, 0.4) is 0 Å². The van der Waals surface area contributed by atoms with Crippen LogP contribution in [0.15, 0.2) is 398 Å². The van der Waals surface area contributed by atoms with Crippen molar-refractivity contribution in [1.29, 1.82) is 0 Å². The van der Waals surface area contributed by atoms with Gasteiger partial charge in [0.05, 0.1) is 27.5 Å². The van der Waals surface area contributed by atoms with Crippen LogP contribution < -0.4 is 37.3 Å². The molecule has 0 fully saturated rings. The lowest BCUT2D eigenvalue weighted by atomic mass is 9.64. The average Bonchev–Trinajstić information content (AvgIpc) is 0.679. The maximum Gasteiger partial charge on any atom is 0.195 e. The number of hydrogen-bond donors (Lipinski definition) is 0. The Balaban J connectivity index is 0.000000123. The summed E-state index contributed by atoms with van der Waals surface area (Å²) in [6.07, 6.45) is 0. The lowest BCUT2D eigenvalue weighted by Crippen LogP contribution is -2.48. The number of furan rings is 2. The maximum absolute atomic E-state index is 16.4. The third-order valence-corrected chi connectivity index (χ3v) is 31.6. The normalized spacial score (nSPS) is 14.8. The molecule has 5 aromatic heterocycles. The Labute approximate surface area is 664 Å². The van der Waals surface area contributed by atoms with Crippen molar-refractivity contribution in [2.45, 2.75) is 22.6 Å². The molecule has 0 N–H and O–H groups in total. The highest BCUT2D eigenvalue weighted by Gasteiger charge is 2.54. The summed E-state index contributed by atoms with van der Waals surface area (Å²) < 4.78 is 51.2. The van der Waals surface area contributed by atoms with Gasteiger partial charge < -0.3 is 27.1 Å². The van der Waals surface area contributed by atoms with Crippen molar-refractivity contribution in [3.05, 3.63) is 407 Å². The Hall–Kier alpha value is -12.0. The SMILES string of the molecule is C.O=P(c1ccccc1)(c1ccccc1)c1cc2oc3ccccc3c2cc1Br.O=P1(c2ccccc2)c2ccccc2C2(c3ccccc3Sc3cc(-n4c5ccccc5c5ccccc54)ccc32)c2cc3c(cc21)oc1ccccc13.O=c1c2ccccc2sc2cc(-n3c4ccccc4c4ccccc43)ccc12.[B]. The molecule has 7 nitrogen and oxygen atoms in total. The van der Waals surface area contributed by atoms with E-state index in [-0.39, 0.29) is 21.3 Å². The van der Waals surface area contributed by atoms with Gasteiger partial charge in [0.15, 0.2) is 19.7 Å². The summed E-state index contributed by atoms with van der Waals surface area (Å²) in [5.74, 6) is 0. The second kappa shape index (κ2) is 27.8. The molecule has 13 heteroatoms. The van der Waals surface area contributed by atoms with Crippen LogP contribution in [0.25, 0.3) is 119 Å². The molecule has 16 aromatic carbocycles. The molecule has 23 rings (SSSR count). The first kappa shape index (κ1) is 70.4. The molecule has 0 aliphatic carbocycles. The zero-order valence-corrected chi connectivity index (χ0v) is 64.3. The Kier molecular flexibility index (Phi) is 17.4. The van der Waals surface area contributed by atoms with Gasteiger partial charge in [0, 0.05) is 129 Å². The zero-order chi connectivity index (χ0) is 73.4. The predicted octanol–water partition coefficient (Wildman–Crippen LogP) is 24.2. The van der Waals surface area contributed by atoms with Gasteiger partial charge in [-0.1, -0.05) is 280 Å². The van der Waals surface area contributed by atoms with E-state index in [9.17, 15) is 9.36 Å². The lowest BCUT2D eigenvalue weighted by Gasteiger charge is -2.47. The first-order valence-electron chi connectivity index (χ1n) is 36.5. The van der Waals surface area contributed by atoms with Gasteiger partial charge in [-0.2, -0.15) is 0 Å². The fourth-order valence-corrected chi connectivity index (χ4v) is 26.6. The van der Waals surface area contributed by atoms with E-state index in [0.717, 1.165) is 123 Å². The van der Waals surface area contributed by atoms with E-state index < -0.39 is 19.7 Å². The summed E-state index contributed by atoms with van der Waals surface area (Å²) in [4.78, 5) is 15.3. The summed E-state index contributed by atoms with van der Waals surface area (Å²) in [6, 6.07) is 127. The molecule has 0 saturated heterocycles. The molecule has 0 saturated carbocycles. The van der Waals surface area contributed by atoms with Gasteiger partial charge in [0.1, 0.15) is 22.3 Å². The van der Waals surface area contributed by atoms with Crippen molar-refractivity contribution in [2.24, 2.45) is 0 Å². The van der Waals surface area contributed by atoms with Gasteiger partial charge in [-0.25, -0.2) is 0 Å². The van der Waals surface area contributed by atoms with E-state index >= 15 is 4.57 Å². The fraction of sp³-hybridized carbons (Fsp3) is 0.0202. The van der Waals surface area contributed by atoms with Crippen LogP contribution >= 0.6 is 53.3 Å². The molecular formula is C99H65BBrN2O5P2S2. The minimum atomic E-state index is -3.38. The number of rotatable bonds is 6. The van der Waals surface area contributed by atoms with Gasteiger partial charge in [0.2, 0.25) is 0 Å². The average molecular weight is 1580 g/mol. The van der Waals surface area contributed by atoms with Crippen molar-refractivity contribution in [2.75, 3.05) is 0 Å². The number of halogens is 1. The number of hydrogen-bond acceptors (Lipinski definition) is 7. The monoisotopic (exact) mass is 1580 g/mol. The number of nitrogens with zero attached hydrogens (tertiary/aromatic N) is 2. The third-order valence-electron chi connectivity index (χ3n) is 22.1. The molecule has 2 atom stereocenters. The van der Waals surface area contributed by atoms with E-state index in [2.05, 4.69) is 219 Å². The van der Waals surface area contributed by atoms with E-state index in [1.54, 1.807) is 11.3 Å². The molecule has 2 unspecified atom stereocenters. The number of aromatic nitrogens is 2.